The lowest BCUT2D eigenvalue weighted by atomic mass is 9.83. The number of carbonyl (C=O) groups excluding carboxylic acids is 1. The molecule has 0 radical (unpaired) electrons. The standard InChI is InChI=1S/C27H39F3N4O2.O2S/c1-7-34-25(21-13-12-20(14-22(21)36-6)32-18(5)27(28,29)30)23(16(2)3)24(33-34)26(35)31-15-19-10-8-17(4)9-11-19;1-3-2/h12-14,16-19,32H,7-11,15H2,1-6H3,(H,31,35);/t17?,18-,19?;/m1./s1. The van der Waals surface area contributed by atoms with Gasteiger partial charge in [0.1, 0.15) is 11.8 Å². The number of benzene rings is 1. The van der Waals surface area contributed by atoms with Gasteiger partial charge < -0.3 is 15.4 Å². The maximum Gasteiger partial charge on any atom is 0.408 e. The van der Waals surface area contributed by atoms with E-state index in [1.807, 2.05) is 20.8 Å². The van der Waals surface area contributed by atoms with Gasteiger partial charge in [-0.15, -0.1) is 0 Å². The molecule has 218 valence electrons. The Morgan fingerprint density at radius 2 is 1.79 bits per heavy atom. The van der Waals surface area contributed by atoms with E-state index in [4.69, 9.17) is 13.2 Å². The maximum atomic E-state index is 13.3. The first kappa shape index (κ1) is 32.3. The van der Waals surface area contributed by atoms with Crippen molar-refractivity contribution in [2.24, 2.45) is 11.8 Å². The molecule has 1 atom stereocenters. The van der Waals surface area contributed by atoms with Gasteiger partial charge in [-0.05, 0) is 56.6 Å². The third-order valence-electron chi connectivity index (χ3n) is 7.10. The molecular formula is C27H39F3N4O4S. The summed E-state index contributed by atoms with van der Waals surface area (Å²) in [5, 5.41) is 10.3. The fourth-order valence-electron chi connectivity index (χ4n) is 4.87. The molecule has 1 aliphatic rings. The molecule has 3 rings (SSSR count). The number of alkyl halides is 3. The Kier molecular flexibility index (Phi) is 12.0. The average Bonchev–Trinajstić information content (AvgIpc) is 3.28. The van der Waals surface area contributed by atoms with Crippen molar-refractivity contribution in [2.75, 3.05) is 19.0 Å². The highest BCUT2D eigenvalue weighted by Crippen LogP contribution is 2.39. The van der Waals surface area contributed by atoms with Crippen LogP contribution < -0.4 is 15.4 Å². The molecule has 1 saturated carbocycles. The average molecular weight is 573 g/mol. The molecule has 0 bridgehead atoms. The number of hydrogen-bond donors (Lipinski definition) is 2. The van der Waals surface area contributed by atoms with E-state index < -0.39 is 23.8 Å². The number of anilines is 1. The largest absolute Gasteiger partial charge is 0.496 e. The van der Waals surface area contributed by atoms with Crippen LogP contribution in [-0.4, -0.2) is 50.0 Å². The van der Waals surface area contributed by atoms with Gasteiger partial charge in [0.25, 0.3) is 5.91 Å². The van der Waals surface area contributed by atoms with Crippen LogP contribution >= 0.6 is 0 Å². The lowest BCUT2D eigenvalue weighted by Crippen LogP contribution is -2.33. The number of amides is 1. The van der Waals surface area contributed by atoms with Crippen LogP contribution in [0.4, 0.5) is 18.9 Å². The van der Waals surface area contributed by atoms with Crippen LogP contribution in [-0.2, 0) is 18.1 Å². The highest BCUT2D eigenvalue weighted by molar-refractivity contribution is 7.51. The van der Waals surface area contributed by atoms with Crippen molar-refractivity contribution >= 4 is 23.2 Å². The van der Waals surface area contributed by atoms with Crippen molar-refractivity contribution in [3.05, 3.63) is 29.5 Å². The van der Waals surface area contributed by atoms with E-state index in [-0.39, 0.29) is 11.8 Å². The molecule has 1 amide bonds. The third kappa shape index (κ3) is 8.55. The normalized spacial score (nSPS) is 18.1. The van der Waals surface area contributed by atoms with Crippen LogP contribution in [0, 0.1) is 11.8 Å². The predicted molar refractivity (Wildman–Crippen MR) is 145 cm³/mol. The summed E-state index contributed by atoms with van der Waals surface area (Å²) in [6.45, 7) is 10.5. The second-order valence-corrected chi connectivity index (χ2v) is 10.4. The Hall–Kier alpha value is -2.89. The second kappa shape index (κ2) is 14.5. The fraction of sp³-hybridized carbons (Fsp3) is 0.630. The summed E-state index contributed by atoms with van der Waals surface area (Å²) in [5.74, 6) is 1.45. The number of hydrogen-bond acceptors (Lipinski definition) is 6. The van der Waals surface area contributed by atoms with E-state index in [0.717, 1.165) is 36.9 Å². The first-order valence-corrected chi connectivity index (χ1v) is 13.9. The molecule has 8 nitrogen and oxygen atoms in total. The Morgan fingerprint density at radius 1 is 1.18 bits per heavy atom. The van der Waals surface area contributed by atoms with Gasteiger partial charge in [0.2, 0.25) is 0 Å². The molecule has 0 spiro atoms. The summed E-state index contributed by atoms with van der Waals surface area (Å²) in [7, 11) is 1.48. The minimum Gasteiger partial charge on any atom is -0.496 e. The molecule has 1 aliphatic carbocycles. The summed E-state index contributed by atoms with van der Waals surface area (Å²) >= 11 is -0.750. The molecule has 39 heavy (non-hydrogen) atoms. The third-order valence-corrected chi connectivity index (χ3v) is 7.10. The SMILES string of the molecule is CCn1nc(C(=O)NCC2CCC(C)CC2)c(C(C)C)c1-c1ccc(N[C@H](C)C(F)(F)F)cc1OC.O=S=O. The zero-order valence-electron chi connectivity index (χ0n) is 23.4. The summed E-state index contributed by atoms with van der Waals surface area (Å²) in [6.07, 6.45) is 0.266. The van der Waals surface area contributed by atoms with Gasteiger partial charge in [-0.1, -0.05) is 33.6 Å². The van der Waals surface area contributed by atoms with Crippen LogP contribution in [0.1, 0.15) is 82.3 Å². The molecule has 12 heteroatoms. The molecule has 0 unspecified atom stereocenters. The van der Waals surface area contributed by atoms with Gasteiger partial charge >= 0.3 is 17.7 Å². The Bertz CT molecular complexity index is 1140. The molecule has 0 aliphatic heterocycles. The predicted octanol–water partition coefficient (Wildman–Crippen LogP) is 5.95. The molecule has 2 N–H and O–H groups in total. The van der Waals surface area contributed by atoms with Crippen LogP contribution in [0.5, 0.6) is 5.75 Å². The van der Waals surface area contributed by atoms with Crippen LogP contribution in [0.25, 0.3) is 11.3 Å². The number of halogens is 3. The van der Waals surface area contributed by atoms with Gasteiger partial charge in [-0.25, -0.2) is 0 Å². The van der Waals surface area contributed by atoms with E-state index in [1.165, 1.54) is 20.0 Å². The smallest absolute Gasteiger partial charge is 0.408 e. The number of nitrogens with zero attached hydrogens (tertiary/aromatic N) is 2. The number of carbonyl (C=O) groups is 1. The number of aromatic nitrogens is 2. The van der Waals surface area contributed by atoms with Gasteiger partial charge in [-0.3, -0.25) is 9.48 Å². The number of ether oxygens (including phenoxy) is 1. The first-order chi connectivity index (χ1) is 18.4. The molecule has 2 aromatic rings. The van der Waals surface area contributed by atoms with Crippen molar-refractivity contribution in [2.45, 2.75) is 85.0 Å². The number of nitrogens with one attached hydrogen (secondary N) is 2. The van der Waals surface area contributed by atoms with Crippen molar-refractivity contribution < 1.29 is 31.1 Å². The monoisotopic (exact) mass is 572 g/mol. The van der Waals surface area contributed by atoms with E-state index in [1.54, 1.807) is 22.9 Å². The van der Waals surface area contributed by atoms with E-state index in [0.29, 0.717) is 41.7 Å². The minimum atomic E-state index is -4.37. The topological polar surface area (TPSA) is 102 Å². The number of methoxy groups -OCH3 is 1. The lowest BCUT2D eigenvalue weighted by molar-refractivity contribution is -0.138. The molecule has 1 aromatic heterocycles. The lowest BCUT2D eigenvalue weighted by Gasteiger charge is -2.26. The fourth-order valence-corrected chi connectivity index (χ4v) is 4.87. The zero-order chi connectivity index (χ0) is 29.3. The molecular weight excluding hydrogens is 533 g/mol. The molecule has 1 fully saturated rings. The minimum absolute atomic E-state index is 0.00987. The van der Waals surface area contributed by atoms with Crippen LogP contribution in [0.15, 0.2) is 18.2 Å². The van der Waals surface area contributed by atoms with Crippen molar-refractivity contribution in [3.63, 3.8) is 0 Å². The van der Waals surface area contributed by atoms with Crippen molar-refractivity contribution in [1.82, 2.24) is 15.1 Å². The van der Waals surface area contributed by atoms with Crippen LogP contribution in [0.3, 0.4) is 0 Å². The first-order valence-electron chi connectivity index (χ1n) is 13.2. The van der Waals surface area contributed by atoms with Crippen molar-refractivity contribution in [1.29, 1.82) is 0 Å². The molecule has 1 aromatic carbocycles. The van der Waals surface area contributed by atoms with E-state index in [9.17, 15) is 18.0 Å². The quantitative estimate of drug-likeness (QED) is 0.385. The Labute approximate surface area is 231 Å². The molecule has 0 saturated heterocycles. The summed E-state index contributed by atoms with van der Waals surface area (Å²) < 4.78 is 63.0. The molecule has 1 heterocycles. The maximum absolute atomic E-state index is 13.3. The second-order valence-electron chi connectivity index (χ2n) is 10.3. The summed E-state index contributed by atoms with van der Waals surface area (Å²) in [6, 6.07) is 3.17. The highest BCUT2D eigenvalue weighted by atomic mass is 32.1. The highest BCUT2D eigenvalue weighted by Gasteiger charge is 2.36. The number of aryl methyl sites for hydroxylation is 1. The zero-order valence-corrected chi connectivity index (χ0v) is 24.2. The van der Waals surface area contributed by atoms with Gasteiger partial charge in [0.05, 0.1) is 12.8 Å². The van der Waals surface area contributed by atoms with E-state index in [2.05, 4.69) is 22.7 Å². The Balaban J connectivity index is 0.00000170. The summed E-state index contributed by atoms with van der Waals surface area (Å²) in [4.78, 5) is 13.3. The number of rotatable bonds is 9. The Morgan fingerprint density at radius 3 is 2.31 bits per heavy atom. The van der Waals surface area contributed by atoms with Crippen LogP contribution in [0.2, 0.25) is 0 Å². The van der Waals surface area contributed by atoms with Gasteiger partial charge in [0.15, 0.2) is 5.69 Å². The summed E-state index contributed by atoms with van der Waals surface area (Å²) in [5.41, 5.74) is 2.92. The van der Waals surface area contributed by atoms with Gasteiger partial charge in [0, 0.05) is 36.0 Å². The van der Waals surface area contributed by atoms with Crippen molar-refractivity contribution in [3.8, 4) is 17.0 Å². The van der Waals surface area contributed by atoms with E-state index >= 15 is 0 Å². The van der Waals surface area contributed by atoms with Gasteiger partial charge in [-0.2, -0.15) is 26.7 Å².